The standard InChI is InChI=1S/C16H28N2O2/c1-13(2)15-10-14(3)11-16(12-15)20-9-8-19-7-6-18-5-4-17/h10-13,18H,4-9,17H2,1-3H3/p+2. The zero-order chi connectivity index (χ0) is 14.8. The summed E-state index contributed by atoms with van der Waals surface area (Å²) in [6.07, 6.45) is 0. The zero-order valence-electron chi connectivity index (χ0n) is 13.2. The van der Waals surface area contributed by atoms with Crippen LogP contribution in [0.2, 0.25) is 0 Å². The molecule has 0 bridgehead atoms. The number of benzene rings is 1. The molecule has 20 heavy (non-hydrogen) atoms. The second kappa shape index (κ2) is 9.75. The van der Waals surface area contributed by atoms with Crippen LogP contribution in [0, 0.1) is 6.92 Å². The number of rotatable bonds is 10. The average Bonchev–Trinajstić information content (AvgIpc) is 2.41. The van der Waals surface area contributed by atoms with Crippen LogP contribution in [0.1, 0.15) is 30.9 Å². The van der Waals surface area contributed by atoms with Gasteiger partial charge >= 0.3 is 0 Å². The summed E-state index contributed by atoms with van der Waals surface area (Å²) >= 11 is 0. The highest BCUT2D eigenvalue weighted by Crippen LogP contribution is 2.22. The first-order valence-corrected chi connectivity index (χ1v) is 7.56. The van der Waals surface area contributed by atoms with Crippen molar-refractivity contribution in [1.82, 2.24) is 0 Å². The maximum Gasteiger partial charge on any atom is 0.125 e. The molecule has 114 valence electrons. The van der Waals surface area contributed by atoms with Crippen molar-refractivity contribution < 1.29 is 20.5 Å². The molecule has 1 rings (SSSR count). The maximum absolute atomic E-state index is 5.76. The summed E-state index contributed by atoms with van der Waals surface area (Å²) in [4.78, 5) is 0. The number of hydrogen-bond donors (Lipinski definition) is 2. The van der Waals surface area contributed by atoms with Gasteiger partial charge in [0, 0.05) is 0 Å². The van der Waals surface area contributed by atoms with Gasteiger partial charge in [0.25, 0.3) is 0 Å². The number of quaternary nitrogens is 2. The maximum atomic E-state index is 5.76. The second-order valence-electron chi connectivity index (χ2n) is 5.41. The van der Waals surface area contributed by atoms with Gasteiger partial charge in [-0.3, -0.25) is 0 Å². The molecule has 1 aromatic carbocycles. The van der Waals surface area contributed by atoms with Crippen molar-refractivity contribution in [3.05, 3.63) is 29.3 Å². The number of aryl methyl sites for hydroxylation is 1. The lowest BCUT2D eigenvalue weighted by atomic mass is 10.0. The molecule has 0 amide bonds. The Morgan fingerprint density at radius 1 is 1.10 bits per heavy atom. The lowest BCUT2D eigenvalue weighted by Crippen LogP contribution is -2.88. The molecule has 1 aromatic rings. The van der Waals surface area contributed by atoms with Crippen LogP contribution in [0.4, 0.5) is 0 Å². The van der Waals surface area contributed by atoms with Crippen LogP contribution in [0.3, 0.4) is 0 Å². The van der Waals surface area contributed by atoms with E-state index in [1.165, 1.54) is 11.1 Å². The minimum atomic E-state index is 0.525. The van der Waals surface area contributed by atoms with Crippen molar-refractivity contribution in [2.45, 2.75) is 26.7 Å². The summed E-state index contributed by atoms with van der Waals surface area (Å²) in [5, 5.41) is 2.23. The number of nitrogens with two attached hydrogens (primary N) is 1. The van der Waals surface area contributed by atoms with Crippen molar-refractivity contribution in [2.75, 3.05) is 39.5 Å². The van der Waals surface area contributed by atoms with E-state index in [1.54, 1.807) is 0 Å². The van der Waals surface area contributed by atoms with Crippen molar-refractivity contribution in [3.8, 4) is 5.75 Å². The smallest absolute Gasteiger partial charge is 0.125 e. The molecule has 5 N–H and O–H groups in total. The van der Waals surface area contributed by atoms with E-state index in [2.05, 4.69) is 50.0 Å². The van der Waals surface area contributed by atoms with E-state index in [9.17, 15) is 0 Å². The molecule has 0 aliphatic rings. The minimum absolute atomic E-state index is 0.525. The molecule has 0 unspecified atom stereocenters. The Labute approximate surface area is 122 Å². The Kier molecular flexibility index (Phi) is 8.26. The van der Waals surface area contributed by atoms with Gasteiger partial charge in [-0.15, -0.1) is 0 Å². The van der Waals surface area contributed by atoms with Gasteiger partial charge in [-0.1, -0.05) is 19.9 Å². The first kappa shape index (κ1) is 17.0. The Bertz CT molecular complexity index is 381. The van der Waals surface area contributed by atoms with Gasteiger partial charge in [0.15, 0.2) is 0 Å². The predicted molar refractivity (Wildman–Crippen MR) is 81.0 cm³/mol. The lowest BCUT2D eigenvalue weighted by molar-refractivity contribution is -0.671. The highest BCUT2D eigenvalue weighted by Gasteiger charge is 2.03. The first-order chi connectivity index (χ1) is 9.63. The normalized spacial score (nSPS) is 11.1. The summed E-state index contributed by atoms with van der Waals surface area (Å²) in [6.45, 7) is 11.6. The van der Waals surface area contributed by atoms with Gasteiger partial charge in [0.2, 0.25) is 0 Å². The third kappa shape index (κ3) is 6.89. The third-order valence-corrected chi connectivity index (χ3v) is 3.11. The predicted octanol–water partition coefficient (Wildman–Crippen LogP) is 0.319. The van der Waals surface area contributed by atoms with Crippen LogP contribution >= 0.6 is 0 Å². The van der Waals surface area contributed by atoms with Crippen molar-refractivity contribution in [2.24, 2.45) is 0 Å². The molecule has 4 nitrogen and oxygen atoms in total. The molecule has 0 aromatic heterocycles. The molecule has 0 aliphatic carbocycles. The highest BCUT2D eigenvalue weighted by molar-refractivity contribution is 5.35. The van der Waals surface area contributed by atoms with Gasteiger partial charge in [-0.05, 0) is 36.1 Å². The fraction of sp³-hybridized carbons (Fsp3) is 0.625. The Balaban J connectivity index is 2.21. The van der Waals surface area contributed by atoms with Crippen LogP contribution in [0.15, 0.2) is 18.2 Å². The van der Waals surface area contributed by atoms with E-state index in [4.69, 9.17) is 9.47 Å². The zero-order valence-corrected chi connectivity index (χ0v) is 13.2. The van der Waals surface area contributed by atoms with E-state index in [0.717, 1.165) is 32.0 Å². The van der Waals surface area contributed by atoms with E-state index < -0.39 is 0 Å². The molecule has 0 spiro atoms. The molecule has 0 atom stereocenters. The second-order valence-corrected chi connectivity index (χ2v) is 5.41. The van der Waals surface area contributed by atoms with E-state index in [0.29, 0.717) is 19.1 Å². The fourth-order valence-electron chi connectivity index (χ4n) is 1.97. The topological polar surface area (TPSA) is 62.7 Å². The Hall–Kier alpha value is -1.10. The van der Waals surface area contributed by atoms with Gasteiger partial charge in [0.1, 0.15) is 25.4 Å². The van der Waals surface area contributed by atoms with Crippen molar-refractivity contribution >= 4 is 0 Å². The van der Waals surface area contributed by atoms with Crippen LogP contribution in [-0.4, -0.2) is 39.5 Å². The van der Waals surface area contributed by atoms with E-state index in [1.807, 2.05) is 0 Å². The monoisotopic (exact) mass is 282 g/mol. The number of ether oxygens (including phenoxy) is 2. The van der Waals surface area contributed by atoms with Crippen molar-refractivity contribution in [3.63, 3.8) is 0 Å². The molecular formula is C16H30N2O2+2. The SMILES string of the molecule is Cc1cc(OCCOCC[NH2+]CC[NH3+])cc(C(C)C)c1. The molecule has 0 heterocycles. The minimum Gasteiger partial charge on any atom is -0.491 e. The first-order valence-electron chi connectivity index (χ1n) is 7.56. The van der Waals surface area contributed by atoms with Crippen LogP contribution in [-0.2, 0) is 4.74 Å². The third-order valence-electron chi connectivity index (χ3n) is 3.11. The van der Waals surface area contributed by atoms with Crippen LogP contribution in [0.25, 0.3) is 0 Å². The fourth-order valence-corrected chi connectivity index (χ4v) is 1.97. The van der Waals surface area contributed by atoms with Crippen molar-refractivity contribution in [1.29, 1.82) is 0 Å². The van der Waals surface area contributed by atoms with Crippen LogP contribution < -0.4 is 15.8 Å². The van der Waals surface area contributed by atoms with Gasteiger partial charge in [-0.2, -0.15) is 0 Å². The van der Waals surface area contributed by atoms with E-state index in [-0.39, 0.29) is 0 Å². The largest absolute Gasteiger partial charge is 0.491 e. The molecule has 0 saturated heterocycles. The summed E-state index contributed by atoms with van der Waals surface area (Å²) in [7, 11) is 0. The van der Waals surface area contributed by atoms with E-state index >= 15 is 0 Å². The molecule has 0 saturated carbocycles. The van der Waals surface area contributed by atoms with Crippen LogP contribution in [0.5, 0.6) is 5.75 Å². The summed E-state index contributed by atoms with van der Waals surface area (Å²) in [5.74, 6) is 1.47. The van der Waals surface area contributed by atoms with Gasteiger partial charge in [0.05, 0.1) is 19.8 Å². The Morgan fingerprint density at radius 2 is 1.90 bits per heavy atom. The average molecular weight is 282 g/mol. The molecule has 4 heteroatoms. The van der Waals surface area contributed by atoms with Gasteiger partial charge < -0.3 is 20.5 Å². The molecule has 0 aliphatic heterocycles. The quantitative estimate of drug-likeness (QED) is 0.607. The lowest BCUT2D eigenvalue weighted by Gasteiger charge is -2.12. The molecule has 0 fully saturated rings. The summed E-state index contributed by atoms with van der Waals surface area (Å²) in [6, 6.07) is 6.42. The summed E-state index contributed by atoms with van der Waals surface area (Å²) < 4.78 is 11.3. The molecular weight excluding hydrogens is 252 g/mol. The highest BCUT2D eigenvalue weighted by atomic mass is 16.5. The molecule has 0 radical (unpaired) electrons. The summed E-state index contributed by atoms with van der Waals surface area (Å²) in [5.41, 5.74) is 6.37. The number of hydrogen-bond acceptors (Lipinski definition) is 2. The van der Waals surface area contributed by atoms with Gasteiger partial charge in [-0.25, -0.2) is 0 Å². The Morgan fingerprint density at radius 3 is 2.60 bits per heavy atom.